The Morgan fingerprint density at radius 2 is 2.38 bits per heavy atom. The van der Waals surface area contributed by atoms with Gasteiger partial charge in [-0.15, -0.1) is 0 Å². The number of hydrogen-bond donors (Lipinski definition) is 0. The van der Waals surface area contributed by atoms with E-state index in [1.165, 1.54) is 19.3 Å². The van der Waals surface area contributed by atoms with Crippen molar-refractivity contribution in [1.82, 2.24) is 9.88 Å². The molecule has 0 spiro atoms. The Balaban J connectivity index is 1.89. The summed E-state index contributed by atoms with van der Waals surface area (Å²) < 4.78 is 5.16. The van der Waals surface area contributed by atoms with Crippen molar-refractivity contribution >= 4 is 0 Å². The van der Waals surface area contributed by atoms with E-state index < -0.39 is 0 Å². The minimum atomic E-state index is 0.761. The average Bonchev–Trinajstić information content (AvgIpc) is 2.31. The van der Waals surface area contributed by atoms with Gasteiger partial charge in [0.25, 0.3) is 0 Å². The summed E-state index contributed by atoms with van der Waals surface area (Å²) in [5.74, 6) is 0.761. The highest BCUT2D eigenvalue weighted by molar-refractivity contribution is 4.96. The van der Waals surface area contributed by atoms with E-state index in [2.05, 4.69) is 16.9 Å². The van der Waals surface area contributed by atoms with Gasteiger partial charge in [-0.1, -0.05) is 6.42 Å². The fourth-order valence-corrected chi connectivity index (χ4v) is 1.69. The lowest BCUT2D eigenvalue weighted by atomic mass is 9.92. The largest absolute Gasteiger partial charge is 0.449 e. The number of aromatic nitrogens is 1. The van der Waals surface area contributed by atoms with Crippen molar-refractivity contribution in [3.05, 3.63) is 17.8 Å². The lowest BCUT2D eigenvalue weighted by Crippen LogP contribution is -2.36. The molecule has 1 fully saturated rings. The van der Waals surface area contributed by atoms with Crippen molar-refractivity contribution in [2.45, 2.75) is 38.8 Å². The predicted molar refractivity (Wildman–Crippen MR) is 50.3 cm³/mol. The molecule has 13 heavy (non-hydrogen) atoms. The van der Waals surface area contributed by atoms with E-state index in [4.69, 9.17) is 4.42 Å². The summed E-state index contributed by atoms with van der Waals surface area (Å²) in [5.41, 5.74) is 1.05. The first-order chi connectivity index (χ1) is 6.25. The zero-order chi connectivity index (χ0) is 9.26. The summed E-state index contributed by atoms with van der Waals surface area (Å²) in [7, 11) is 2.16. The van der Waals surface area contributed by atoms with E-state index in [9.17, 15) is 0 Å². The molecule has 0 N–H and O–H groups in total. The van der Waals surface area contributed by atoms with E-state index in [0.29, 0.717) is 0 Å². The van der Waals surface area contributed by atoms with Gasteiger partial charge >= 0.3 is 0 Å². The maximum Gasteiger partial charge on any atom is 0.191 e. The fraction of sp³-hybridized carbons (Fsp3) is 0.700. The van der Waals surface area contributed by atoms with E-state index in [1.807, 2.05) is 6.92 Å². The molecule has 1 saturated carbocycles. The second-order valence-electron chi connectivity index (χ2n) is 3.86. The van der Waals surface area contributed by atoms with Gasteiger partial charge in [0.1, 0.15) is 6.26 Å². The van der Waals surface area contributed by atoms with Crippen molar-refractivity contribution in [3.63, 3.8) is 0 Å². The number of oxazole rings is 1. The van der Waals surface area contributed by atoms with Gasteiger partial charge in [0, 0.05) is 19.5 Å². The summed E-state index contributed by atoms with van der Waals surface area (Å²) in [5, 5.41) is 0. The third-order valence-electron chi connectivity index (χ3n) is 2.78. The monoisotopic (exact) mass is 180 g/mol. The maximum atomic E-state index is 5.16. The molecule has 0 unspecified atom stereocenters. The molecule has 3 heteroatoms. The first kappa shape index (κ1) is 8.75. The fourth-order valence-electron chi connectivity index (χ4n) is 1.69. The van der Waals surface area contributed by atoms with Crippen LogP contribution in [-0.4, -0.2) is 23.0 Å². The second kappa shape index (κ2) is 3.50. The molecule has 1 aliphatic carbocycles. The summed E-state index contributed by atoms with van der Waals surface area (Å²) in [6.45, 7) is 2.80. The first-order valence-corrected chi connectivity index (χ1v) is 4.87. The van der Waals surface area contributed by atoms with E-state index in [0.717, 1.165) is 24.2 Å². The standard InChI is InChI=1S/C10H16N2O/c1-8-11-9(7-13-8)6-12(2)10-4-3-5-10/h7,10H,3-6H2,1-2H3. The van der Waals surface area contributed by atoms with Crippen LogP contribution in [0.4, 0.5) is 0 Å². The van der Waals surface area contributed by atoms with Crippen LogP contribution in [0.3, 0.4) is 0 Å². The topological polar surface area (TPSA) is 29.3 Å². The molecule has 0 aromatic carbocycles. The quantitative estimate of drug-likeness (QED) is 0.712. The Bertz CT molecular complexity index is 278. The van der Waals surface area contributed by atoms with Gasteiger partial charge in [-0.2, -0.15) is 0 Å². The second-order valence-corrected chi connectivity index (χ2v) is 3.86. The number of nitrogens with zero attached hydrogens (tertiary/aromatic N) is 2. The van der Waals surface area contributed by atoms with Crippen LogP contribution in [-0.2, 0) is 6.54 Å². The highest BCUT2D eigenvalue weighted by atomic mass is 16.3. The van der Waals surface area contributed by atoms with Crippen molar-refractivity contribution in [1.29, 1.82) is 0 Å². The summed E-state index contributed by atoms with van der Waals surface area (Å²) in [4.78, 5) is 6.65. The van der Waals surface area contributed by atoms with Crippen LogP contribution in [0.15, 0.2) is 10.7 Å². The molecule has 1 aromatic rings. The summed E-state index contributed by atoms with van der Waals surface area (Å²) in [6.07, 6.45) is 5.82. The molecule has 0 amide bonds. The van der Waals surface area contributed by atoms with Crippen LogP contribution >= 0.6 is 0 Å². The Labute approximate surface area is 78.8 Å². The van der Waals surface area contributed by atoms with E-state index >= 15 is 0 Å². The van der Waals surface area contributed by atoms with Crippen LogP contribution in [0.25, 0.3) is 0 Å². The predicted octanol–water partition coefficient (Wildman–Crippen LogP) is 1.97. The highest BCUT2D eigenvalue weighted by Gasteiger charge is 2.22. The molecular formula is C10H16N2O. The highest BCUT2D eigenvalue weighted by Crippen LogP contribution is 2.24. The lowest BCUT2D eigenvalue weighted by molar-refractivity contribution is 0.151. The van der Waals surface area contributed by atoms with Crippen LogP contribution in [0.5, 0.6) is 0 Å². The van der Waals surface area contributed by atoms with Gasteiger partial charge in [-0.3, -0.25) is 4.90 Å². The zero-order valence-electron chi connectivity index (χ0n) is 8.29. The van der Waals surface area contributed by atoms with Gasteiger partial charge in [-0.05, 0) is 19.9 Å². The first-order valence-electron chi connectivity index (χ1n) is 4.87. The van der Waals surface area contributed by atoms with Gasteiger partial charge in [0.15, 0.2) is 5.89 Å². The van der Waals surface area contributed by atoms with Crippen LogP contribution in [0, 0.1) is 6.92 Å². The van der Waals surface area contributed by atoms with Gasteiger partial charge in [0.05, 0.1) is 5.69 Å². The Kier molecular flexibility index (Phi) is 2.36. The van der Waals surface area contributed by atoms with Gasteiger partial charge < -0.3 is 4.42 Å². The van der Waals surface area contributed by atoms with Crippen molar-refractivity contribution < 1.29 is 4.42 Å². The molecule has 0 radical (unpaired) electrons. The molecule has 0 atom stereocenters. The Morgan fingerprint density at radius 1 is 1.62 bits per heavy atom. The third-order valence-corrected chi connectivity index (χ3v) is 2.78. The molecule has 3 nitrogen and oxygen atoms in total. The number of aryl methyl sites for hydroxylation is 1. The summed E-state index contributed by atoms with van der Waals surface area (Å²) >= 11 is 0. The third kappa shape index (κ3) is 1.91. The smallest absolute Gasteiger partial charge is 0.191 e. The Morgan fingerprint density at radius 3 is 2.85 bits per heavy atom. The zero-order valence-corrected chi connectivity index (χ0v) is 8.29. The normalized spacial score (nSPS) is 17.8. The molecule has 2 rings (SSSR count). The molecule has 72 valence electrons. The minimum absolute atomic E-state index is 0.761. The molecular weight excluding hydrogens is 164 g/mol. The van der Waals surface area contributed by atoms with Crippen LogP contribution in [0.1, 0.15) is 30.8 Å². The van der Waals surface area contributed by atoms with E-state index in [1.54, 1.807) is 6.26 Å². The lowest BCUT2D eigenvalue weighted by Gasteiger charge is -2.34. The molecule has 1 aliphatic rings. The average molecular weight is 180 g/mol. The molecule has 0 bridgehead atoms. The van der Waals surface area contributed by atoms with Crippen molar-refractivity contribution in [2.75, 3.05) is 7.05 Å². The van der Waals surface area contributed by atoms with Crippen molar-refractivity contribution in [3.8, 4) is 0 Å². The minimum Gasteiger partial charge on any atom is -0.449 e. The molecule has 1 heterocycles. The molecule has 1 aromatic heterocycles. The van der Waals surface area contributed by atoms with E-state index in [-0.39, 0.29) is 0 Å². The maximum absolute atomic E-state index is 5.16. The molecule has 0 saturated heterocycles. The van der Waals surface area contributed by atoms with Gasteiger partial charge in [-0.25, -0.2) is 4.98 Å². The SMILES string of the molecule is Cc1nc(CN(C)C2CCC2)co1. The summed E-state index contributed by atoms with van der Waals surface area (Å²) in [6, 6.07) is 0.775. The Hall–Kier alpha value is -0.830. The van der Waals surface area contributed by atoms with Crippen LogP contribution in [0.2, 0.25) is 0 Å². The number of hydrogen-bond acceptors (Lipinski definition) is 3. The van der Waals surface area contributed by atoms with Crippen LogP contribution < -0.4 is 0 Å². The van der Waals surface area contributed by atoms with Crippen molar-refractivity contribution in [2.24, 2.45) is 0 Å². The van der Waals surface area contributed by atoms with Gasteiger partial charge in [0.2, 0.25) is 0 Å². The number of rotatable bonds is 3. The molecule has 0 aliphatic heterocycles.